The van der Waals surface area contributed by atoms with E-state index >= 15 is 0 Å². The normalized spacial score (nSPS) is 17.3. The van der Waals surface area contributed by atoms with E-state index in [0.717, 1.165) is 16.5 Å². The zero-order valence-corrected chi connectivity index (χ0v) is 20.5. The highest BCUT2D eigenvalue weighted by Gasteiger charge is 2.37. The Morgan fingerprint density at radius 2 is 1.88 bits per heavy atom. The first-order valence-corrected chi connectivity index (χ1v) is 12.7. The van der Waals surface area contributed by atoms with Gasteiger partial charge in [-0.1, -0.05) is 17.7 Å². The number of hydrogen-bond donors (Lipinski definition) is 0. The lowest BCUT2D eigenvalue weighted by molar-refractivity contribution is 0.0649. The molecule has 1 fully saturated rings. The molecular formula is C24H26ClNO6S. The van der Waals surface area contributed by atoms with Crippen LogP contribution in [0.25, 0.3) is 11.0 Å². The van der Waals surface area contributed by atoms with Gasteiger partial charge in [-0.25, -0.2) is 8.42 Å². The van der Waals surface area contributed by atoms with Crippen molar-refractivity contribution < 1.29 is 27.1 Å². The summed E-state index contributed by atoms with van der Waals surface area (Å²) in [6.45, 7) is 3.88. The Morgan fingerprint density at radius 1 is 1.15 bits per heavy atom. The molecule has 0 N–H and O–H groups in total. The Bertz CT molecular complexity index is 1330. The van der Waals surface area contributed by atoms with E-state index in [-0.39, 0.29) is 29.7 Å². The molecule has 1 saturated heterocycles. The monoisotopic (exact) mass is 491 g/mol. The Balaban J connectivity index is 1.75. The molecule has 3 aromatic rings. The van der Waals surface area contributed by atoms with Crippen LogP contribution in [0.1, 0.15) is 33.7 Å². The van der Waals surface area contributed by atoms with Crippen molar-refractivity contribution in [3.63, 3.8) is 0 Å². The predicted molar refractivity (Wildman–Crippen MR) is 127 cm³/mol. The molecule has 0 saturated carbocycles. The van der Waals surface area contributed by atoms with Crippen molar-refractivity contribution in [1.29, 1.82) is 0 Å². The largest absolute Gasteiger partial charge is 0.493 e. The third-order valence-electron chi connectivity index (χ3n) is 6.12. The number of fused-ring (bicyclic) bond motifs is 1. The van der Waals surface area contributed by atoms with Gasteiger partial charge in [0.05, 0.1) is 25.7 Å². The summed E-state index contributed by atoms with van der Waals surface area (Å²) < 4.78 is 41.1. The van der Waals surface area contributed by atoms with E-state index < -0.39 is 15.9 Å². The van der Waals surface area contributed by atoms with Crippen molar-refractivity contribution in [3.05, 3.63) is 57.8 Å². The van der Waals surface area contributed by atoms with E-state index in [1.807, 2.05) is 19.9 Å². The van der Waals surface area contributed by atoms with E-state index in [9.17, 15) is 13.2 Å². The summed E-state index contributed by atoms with van der Waals surface area (Å²) in [5, 5.41) is 1.36. The minimum atomic E-state index is -3.20. The molecule has 176 valence electrons. The minimum Gasteiger partial charge on any atom is -0.493 e. The summed E-state index contributed by atoms with van der Waals surface area (Å²) in [6, 6.07) is 8.53. The van der Waals surface area contributed by atoms with Crippen LogP contribution in [-0.2, 0) is 16.4 Å². The highest BCUT2D eigenvalue weighted by molar-refractivity contribution is 7.91. The lowest BCUT2D eigenvalue weighted by Crippen LogP contribution is -2.40. The van der Waals surface area contributed by atoms with Gasteiger partial charge in [0.25, 0.3) is 5.91 Å². The second kappa shape index (κ2) is 8.91. The number of sulfone groups is 1. The third kappa shape index (κ3) is 4.54. The van der Waals surface area contributed by atoms with Crippen LogP contribution in [-0.4, -0.2) is 51.0 Å². The number of furan rings is 1. The molecule has 7 nitrogen and oxygen atoms in total. The Morgan fingerprint density at radius 3 is 2.52 bits per heavy atom. The van der Waals surface area contributed by atoms with E-state index in [2.05, 4.69) is 0 Å². The van der Waals surface area contributed by atoms with Crippen LogP contribution >= 0.6 is 11.6 Å². The maximum atomic E-state index is 13.7. The summed E-state index contributed by atoms with van der Waals surface area (Å²) in [7, 11) is -0.113. The summed E-state index contributed by atoms with van der Waals surface area (Å²) in [4.78, 5) is 15.3. The van der Waals surface area contributed by atoms with E-state index in [1.54, 1.807) is 43.4 Å². The number of ether oxygens (including phenoxy) is 2. The van der Waals surface area contributed by atoms with Crippen LogP contribution in [0.4, 0.5) is 0 Å². The molecular weight excluding hydrogens is 466 g/mol. The molecule has 9 heteroatoms. The molecule has 1 aliphatic rings. The van der Waals surface area contributed by atoms with Crippen LogP contribution in [0.2, 0.25) is 5.02 Å². The molecule has 0 radical (unpaired) electrons. The molecule has 2 heterocycles. The number of halogens is 1. The maximum Gasteiger partial charge on any atom is 0.290 e. The fourth-order valence-electron chi connectivity index (χ4n) is 4.24. The zero-order valence-electron chi connectivity index (χ0n) is 19.0. The van der Waals surface area contributed by atoms with Gasteiger partial charge in [0.1, 0.15) is 5.58 Å². The van der Waals surface area contributed by atoms with Gasteiger partial charge in [-0.15, -0.1) is 0 Å². The van der Waals surface area contributed by atoms with Gasteiger partial charge >= 0.3 is 0 Å². The summed E-state index contributed by atoms with van der Waals surface area (Å²) in [5.74, 6) is 0.928. The number of carbonyl (C=O) groups is 1. The van der Waals surface area contributed by atoms with Crippen LogP contribution in [0.5, 0.6) is 11.5 Å². The number of carbonyl (C=O) groups excluding carboxylic acids is 1. The Labute approximate surface area is 198 Å². The van der Waals surface area contributed by atoms with Gasteiger partial charge in [-0.2, -0.15) is 0 Å². The van der Waals surface area contributed by atoms with Gasteiger partial charge in [-0.05, 0) is 55.7 Å². The molecule has 2 aromatic carbocycles. The number of hydrogen-bond acceptors (Lipinski definition) is 6. The number of rotatable bonds is 6. The predicted octanol–water partition coefficient (Wildman–Crippen LogP) is 4.55. The van der Waals surface area contributed by atoms with Gasteiger partial charge in [0.2, 0.25) is 0 Å². The van der Waals surface area contributed by atoms with Crippen LogP contribution in [0, 0.1) is 13.8 Å². The Hall–Kier alpha value is -2.71. The number of methoxy groups -OCH3 is 2. The molecule has 1 aromatic heterocycles. The molecule has 1 unspecified atom stereocenters. The topological polar surface area (TPSA) is 86.0 Å². The first-order valence-electron chi connectivity index (χ1n) is 10.5. The molecule has 4 rings (SSSR count). The van der Waals surface area contributed by atoms with Crippen molar-refractivity contribution in [3.8, 4) is 11.5 Å². The molecule has 1 aliphatic heterocycles. The molecule has 33 heavy (non-hydrogen) atoms. The number of nitrogens with zero attached hydrogens (tertiary/aromatic N) is 1. The summed E-state index contributed by atoms with van der Waals surface area (Å²) >= 11 is 6.28. The lowest BCUT2D eigenvalue weighted by Gasteiger charge is -2.28. The number of amides is 1. The SMILES string of the molecule is COc1ccc(CN(C(=O)c2oc3cc(C)c(Cl)cc3c2C)C2CCS(=O)(=O)C2)cc1OC. The molecule has 0 aliphatic carbocycles. The highest BCUT2D eigenvalue weighted by atomic mass is 35.5. The number of aryl methyl sites for hydroxylation is 2. The van der Waals surface area contributed by atoms with Crippen molar-refractivity contribution in [2.75, 3.05) is 25.7 Å². The fourth-order valence-corrected chi connectivity index (χ4v) is 6.13. The molecule has 0 bridgehead atoms. The average Bonchev–Trinajstić information content (AvgIpc) is 3.30. The lowest BCUT2D eigenvalue weighted by atomic mass is 10.1. The quantitative estimate of drug-likeness (QED) is 0.503. The summed E-state index contributed by atoms with van der Waals surface area (Å²) in [6.07, 6.45) is 0.381. The van der Waals surface area contributed by atoms with E-state index in [0.29, 0.717) is 34.1 Å². The third-order valence-corrected chi connectivity index (χ3v) is 8.28. The first kappa shape index (κ1) is 23.4. The van der Waals surface area contributed by atoms with Gasteiger partial charge in [0, 0.05) is 28.6 Å². The Kier molecular flexibility index (Phi) is 6.33. The van der Waals surface area contributed by atoms with Crippen molar-refractivity contribution in [2.24, 2.45) is 0 Å². The van der Waals surface area contributed by atoms with Crippen molar-refractivity contribution in [1.82, 2.24) is 4.90 Å². The smallest absolute Gasteiger partial charge is 0.290 e. The molecule has 1 atom stereocenters. The minimum absolute atomic E-state index is 0.0568. The molecule has 1 amide bonds. The van der Waals surface area contributed by atoms with Crippen molar-refractivity contribution in [2.45, 2.75) is 32.9 Å². The maximum absolute atomic E-state index is 13.7. The van der Waals surface area contributed by atoms with E-state index in [4.69, 9.17) is 25.5 Å². The first-order chi connectivity index (χ1) is 15.6. The van der Waals surface area contributed by atoms with Gasteiger partial charge in [0.15, 0.2) is 27.1 Å². The average molecular weight is 492 g/mol. The van der Waals surface area contributed by atoms with Gasteiger partial charge < -0.3 is 18.8 Å². The zero-order chi connectivity index (χ0) is 23.9. The number of benzene rings is 2. The van der Waals surface area contributed by atoms with Crippen LogP contribution < -0.4 is 9.47 Å². The van der Waals surface area contributed by atoms with Crippen LogP contribution in [0.15, 0.2) is 34.7 Å². The van der Waals surface area contributed by atoms with E-state index in [1.165, 1.54) is 0 Å². The highest BCUT2D eigenvalue weighted by Crippen LogP contribution is 2.33. The molecule has 0 spiro atoms. The van der Waals surface area contributed by atoms with Gasteiger partial charge in [-0.3, -0.25) is 4.79 Å². The standard InChI is InChI=1S/C24H26ClNO6S/c1-14-9-21-18(11-19(14)25)15(2)23(32-21)24(27)26(17-7-8-33(28,29)13-17)12-16-5-6-20(30-3)22(10-16)31-4/h5-6,9-11,17H,7-8,12-13H2,1-4H3. The summed E-state index contributed by atoms with van der Waals surface area (Å²) in [5.41, 5.74) is 2.89. The fraction of sp³-hybridized carbons (Fsp3) is 0.375. The second-order valence-corrected chi connectivity index (χ2v) is 11.0. The van der Waals surface area contributed by atoms with Crippen molar-refractivity contribution >= 4 is 38.3 Å². The second-order valence-electron chi connectivity index (χ2n) is 8.33. The van der Waals surface area contributed by atoms with Crippen LogP contribution in [0.3, 0.4) is 0 Å².